The van der Waals surface area contributed by atoms with Crippen LogP contribution in [0.5, 0.6) is 0 Å². The number of methoxy groups -OCH3 is 2. The molecule has 1 aromatic carbocycles. The molecule has 1 fully saturated rings. The summed E-state index contributed by atoms with van der Waals surface area (Å²) in [5.74, 6) is 0.274. The van der Waals surface area contributed by atoms with Gasteiger partial charge in [0.25, 0.3) is 5.69 Å². The third kappa shape index (κ3) is 5.40. The Kier molecular flexibility index (Phi) is 8.17. The number of hydrogen-bond acceptors (Lipinski definition) is 7. The monoisotopic (exact) mass is 415 g/mol. The lowest BCUT2D eigenvalue weighted by atomic mass is 10.0. The Morgan fingerprint density at radius 2 is 1.89 bits per heavy atom. The Labute approximate surface area is 166 Å². The van der Waals surface area contributed by atoms with Crippen molar-refractivity contribution in [2.45, 2.75) is 24.7 Å². The number of piperidine rings is 1. The van der Waals surface area contributed by atoms with Gasteiger partial charge in [-0.3, -0.25) is 10.1 Å². The summed E-state index contributed by atoms with van der Waals surface area (Å²) in [6.45, 7) is 4.50. The number of sulfonamides is 1. The maximum atomic E-state index is 13.0. The topological polar surface area (TPSA) is 102 Å². The molecule has 1 aliphatic rings. The average Bonchev–Trinajstić information content (AvgIpc) is 2.67. The highest BCUT2D eigenvalue weighted by Crippen LogP contribution is 2.33. The SMILES string of the molecule is COCCN(CCOC)c1ccc(S(=O)(=O)N2CCC[C@H](C)C2)cc1[N+](=O)[O-]. The van der Waals surface area contributed by atoms with Crippen LogP contribution in [0.25, 0.3) is 0 Å². The number of nitrogens with zero attached hydrogens (tertiary/aromatic N) is 3. The van der Waals surface area contributed by atoms with Crippen molar-refractivity contribution in [2.24, 2.45) is 5.92 Å². The second kappa shape index (κ2) is 10.1. The number of hydrogen-bond donors (Lipinski definition) is 0. The van der Waals surface area contributed by atoms with E-state index in [1.54, 1.807) is 19.1 Å². The van der Waals surface area contributed by atoms with E-state index < -0.39 is 14.9 Å². The third-order valence-electron chi connectivity index (χ3n) is 4.87. The molecule has 0 aliphatic carbocycles. The van der Waals surface area contributed by atoms with Gasteiger partial charge in [-0.2, -0.15) is 4.31 Å². The van der Waals surface area contributed by atoms with Gasteiger partial charge in [0.2, 0.25) is 10.0 Å². The van der Waals surface area contributed by atoms with E-state index in [1.807, 2.05) is 6.92 Å². The van der Waals surface area contributed by atoms with Crippen LogP contribution in [0.1, 0.15) is 19.8 Å². The Balaban J connectivity index is 2.39. The van der Waals surface area contributed by atoms with Gasteiger partial charge in [0.05, 0.1) is 23.0 Å². The quantitative estimate of drug-likeness (QED) is 0.426. The zero-order valence-corrected chi connectivity index (χ0v) is 17.5. The van der Waals surface area contributed by atoms with Crippen molar-refractivity contribution in [2.75, 3.05) is 58.5 Å². The molecule has 158 valence electrons. The van der Waals surface area contributed by atoms with Crippen LogP contribution in [-0.4, -0.2) is 71.3 Å². The number of ether oxygens (including phenoxy) is 2. The average molecular weight is 416 g/mol. The van der Waals surface area contributed by atoms with Crippen LogP contribution in [0.3, 0.4) is 0 Å². The first-order valence-electron chi connectivity index (χ1n) is 9.32. The zero-order chi connectivity index (χ0) is 20.7. The largest absolute Gasteiger partial charge is 0.383 e. The van der Waals surface area contributed by atoms with E-state index in [2.05, 4.69) is 0 Å². The number of benzene rings is 1. The summed E-state index contributed by atoms with van der Waals surface area (Å²) in [6.07, 6.45) is 1.78. The van der Waals surface area contributed by atoms with Gasteiger partial charge in [0.15, 0.2) is 0 Å². The number of nitro groups is 1. The molecule has 28 heavy (non-hydrogen) atoms. The first-order valence-corrected chi connectivity index (χ1v) is 10.8. The van der Waals surface area contributed by atoms with Gasteiger partial charge < -0.3 is 14.4 Å². The molecule has 0 radical (unpaired) electrons. The molecule has 10 heteroatoms. The van der Waals surface area contributed by atoms with E-state index in [0.29, 0.717) is 45.1 Å². The first-order chi connectivity index (χ1) is 13.3. The van der Waals surface area contributed by atoms with Crippen molar-refractivity contribution in [1.82, 2.24) is 4.31 Å². The third-order valence-corrected chi connectivity index (χ3v) is 6.73. The van der Waals surface area contributed by atoms with E-state index >= 15 is 0 Å². The van der Waals surface area contributed by atoms with Crippen molar-refractivity contribution in [1.29, 1.82) is 0 Å². The van der Waals surface area contributed by atoms with Crippen molar-refractivity contribution in [3.8, 4) is 0 Å². The van der Waals surface area contributed by atoms with Crippen LogP contribution in [0.4, 0.5) is 11.4 Å². The van der Waals surface area contributed by atoms with E-state index in [0.717, 1.165) is 18.9 Å². The highest BCUT2D eigenvalue weighted by atomic mass is 32.2. The summed E-state index contributed by atoms with van der Waals surface area (Å²) in [5.41, 5.74) is 0.114. The number of rotatable bonds is 10. The van der Waals surface area contributed by atoms with Gasteiger partial charge in [-0.15, -0.1) is 0 Å². The van der Waals surface area contributed by atoms with Crippen LogP contribution in [-0.2, 0) is 19.5 Å². The Bertz CT molecular complexity index is 763. The molecule has 0 N–H and O–H groups in total. The predicted molar refractivity (Wildman–Crippen MR) is 106 cm³/mol. The van der Waals surface area contributed by atoms with Crippen LogP contribution in [0.2, 0.25) is 0 Å². The minimum atomic E-state index is -3.77. The van der Waals surface area contributed by atoms with Crippen LogP contribution in [0, 0.1) is 16.0 Å². The molecule has 2 rings (SSSR count). The van der Waals surface area contributed by atoms with E-state index in [1.165, 1.54) is 16.4 Å². The van der Waals surface area contributed by atoms with Crippen molar-refractivity contribution in [3.05, 3.63) is 28.3 Å². The lowest BCUT2D eigenvalue weighted by Gasteiger charge is -2.30. The maximum Gasteiger partial charge on any atom is 0.293 e. The molecule has 9 nitrogen and oxygen atoms in total. The van der Waals surface area contributed by atoms with Crippen molar-refractivity contribution < 1.29 is 22.8 Å². The fourth-order valence-corrected chi connectivity index (χ4v) is 4.97. The molecule has 0 aromatic heterocycles. The Morgan fingerprint density at radius 1 is 1.25 bits per heavy atom. The van der Waals surface area contributed by atoms with Gasteiger partial charge >= 0.3 is 0 Å². The summed E-state index contributed by atoms with van der Waals surface area (Å²) in [4.78, 5) is 12.9. The molecule has 1 aromatic rings. The van der Waals surface area contributed by atoms with Crippen molar-refractivity contribution >= 4 is 21.4 Å². The molecular weight excluding hydrogens is 386 g/mol. The molecule has 1 heterocycles. The fourth-order valence-electron chi connectivity index (χ4n) is 3.35. The normalized spacial score (nSPS) is 18.2. The second-order valence-corrected chi connectivity index (χ2v) is 8.93. The molecule has 1 saturated heterocycles. The van der Waals surface area contributed by atoms with Gasteiger partial charge in [-0.25, -0.2) is 8.42 Å². The summed E-state index contributed by atoms with van der Waals surface area (Å²) < 4.78 is 37.6. The van der Waals surface area contributed by atoms with Crippen molar-refractivity contribution in [3.63, 3.8) is 0 Å². The fraction of sp³-hybridized carbons (Fsp3) is 0.667. The highest BCUT2D eigenvalue weighted by molar-refractivity contribution is 7.89. The second-order valence-electron chi connectivity index (χ2n) is 6.99. The Hall–Kier alpha value is -1.75. The molecule has 0 saturated carbocycles. The summed E-state index contributed by atoms with van der Waals surface area (Å²) >= 11 is 0. The molecule has 1 aliphatic heterocycles. The van der Waals surface area contributed by atoms with Gasteiger partial charge in [-0.1, -0.05) is 6.92 Å². The smallest absolute Gasteiger partial charge is 0.293 e. The lowest BCUT2D eigenvalue weighted by molar-refractivity contribution is -0.384. The maximum absolute atomic E-state index is 13.0. The van der Waals surface area contributed by atoms with Crippen LogP contribution in [0.15, 0.2) is 23.1 Å². The number of nitro benzene ring substituents is 1. The van der Waals surface area contributed by atoms with Gasteiger partial charge in [0, 0.05) is 46.5 Å². The molecular formula is C18H29N3O6S. The van der Waals surface area contributed by atoms with Gasteiger partial charge in [0.1, 0.15) is 5.69 Å². The minimum absolute atomic E-state index is 0.0458. The summed E-state index contributed by atoms with van der Waals surface area (Å²) in [6, 6.07) is 4.11. The summed E-state index contributed by atoms with van der Waals surface area (Å²) in [7, 11) is -0.659. The highest BCUT2D eigenvalue weighted by Gasteiger charge is 2.31. The first kappa shape index (κ1) is 22.5. The molecule has 0 unspecified atom stereocenters. The number of anilines is 1. The summed E-state index contributed by atoms with van der Waals surface area (Å²) in [5, 5.41) is 11.7. The van der Waals surface area contributed by atoms with E-state index in [4.69, 9.17) is 9.47 Å². The molecule has 0 spiro atoms. The van der Waals surface area contributed by atoms with Gasteiger partial charge in [-0.05, 0) is 30.9 Å². The molecule has 0 bridgehead atoms. The van der Waals surface area contributed by atoms with Crippen LogP contribution < -0.4 is 4.90 Å². The zero-order valence-electron chi connectivity index (χ0n) is 16.7. The Morgan fingerprint density at radius 3 is 2.43 bits per heavy atom. The standard InChI is InChI=1S/C18H29N3O6S/c1-15-5-4-8-20(14-15)28(24,25)16-6-7-17(18(13-16)21(22)23)19(9-11-26-2)10-12-27-3/h6-7,13,15H,4-5,8-12,14H2,1-3H3/t15-/m0/s1. The lowest BCUT2D eigenvalue weighted by Crippen LogP contribution is -2.39. The molecule has 1 atom stereocenters. The molecule has 0 amide bonds. The van der Waals surface area contributed by atoms with Crippen LogP contribution >= 0.6 is 0 Å². The van der Waals surface area contributed by atoms with E-state index in [-0.39, 0.29) is 16.5 Å². The van der Waals surface area contributed by atoms with E-state index in [9.17, 15) is 18.5 Å². The minimum Gasteiger partial charge on any atom is -0.383 e. The predicted octanol–water partition coefficient (Wildman–Crippen LogP) is 2.11.